The minimum Gasteiger partial charge on any atom is -0.305 e. The summed E-state index contributed by atoms with van der Waals surface area (Å²) in [6.07, 6.45) is 1.19. The molecule has 25 heavy (non-hydrogen) atoms. The van der Waals surface area contributed by atoms with Crippen LogP contribution in [0.4, 0.5) is 0 Å². The Kier molecular flexibility index (Phi) is 5.46. The molecule has 0 aromatic heterocycles. The highest BCUT2D eigenvalue weighted by molar-refractivity contribution is 5.71. The summed E-state index contributed by atoms with van der Waals surface area (Å²) < 4.78 is 0. The van der Waals surface area contributed by atoms with Crippen molar-refractivity contribution in [3.63, 3.8) is 0 Å². The fraction of sp³-hybridized carbons (Fsp3) is 0.333. The molecule has 1 aliphatic heterocycles. The van der Waals surface area contributed by atoms with Crippen molar-refractivity contribution in [1.29, 1.82) is 10.5 Å². The lowest BCUT2D eigenvalue weighted by Crippen LogP contribution is -2.28. The van der Waals surface area contributed by atoms with Gasteiger partial charge in [0.15, 0.2) is 0 Å². The van der Waals surface area contributed by atoms with Crippen molar-refractivity contribution in [1.82, 2.24) is 9.80 Å². The predicted molar refractivity (Wildman–Crippen MR) is 98.7 cm³/mol. The van der Waals surface area contributed by atoms with Crippen LogP contribution in [0.25, 0.3) is 11.1 Å². The van der Waals surface area contributed by atoms with Gasteiger partial charge in [-0.2, -0.15) is 10.5 Å². The van der Waals surface area contributed by atoms with Gasteiger partial charge in [-0.15, -0.1) is 0 Å². The number of nitriles is 2. The van der Waals surface area contributed by atoms with Crippen LogP contribution < -0.4 is 0 Å². The topological polar surface area (TPSA) is 54.1 Å². The predicted octanol–water partition coefficient (Wildman–Crippen LogP) is 3.23. The van der Waals surface area contributed by atoms with Crippen molar-refractivity contribution in [2.24, 2.45) is 0 Å². The van der Waals surface area contributed by atoms with Crippen LogP contribution in [0.3, 0.4) is 0 Å². The van der Waals surface area contributed by atoms with Crippen molar-refractivity contribution in [3.8, 4) is 23.3 Å². The van der Waals surface area contributed by atoms with Gasteiger partial charge in [0.25, 0.3) is 0 Å². The van der Waals surface area contributed by atoms with Gasteiger partial charge in [-0.05, 0) is 61.4 Å². The average molecular weight is 330 g/mol. The third kappa shape index (κ3) is 4.25. The molecule has 2 aromatic rings. The second-order valence-corrected chi connectivity index (χ2v) is 6.61. The average Bonchev–Trinajstić information content (AvgIpc) is 2.86. The third-order valence-corrected chi connectivity index (χ3v) is 4.75. The molecule has 0 spiro atoms. The molecule has 4 nitrogen and oxygen atoms in total. The summed E-state index contributed by atoms with van der Waals surface area (Å²) in [7, 11) is 2.17. The first-order chi connectivity index (χ1) is 12.2. The zero-order chi connectivity index (χ0) is 17.6. The van der Waals surface area contributed by atoms with Crippen molar-refractivity contribution in [3.05, 3.63) is 59.2 Å². The molecule has 0 radical (unpaired) electrons. The Bertz CT molecular complexity index is 811. The summed E-state index contributed by atoms with van der Waals surface area (Å²) in [5.74, 6) is 0. The van der Waals surface area contributed by atoms with E-state index in [4.69, 9.17) is 5.26 Å². The van der Waals surface area contributed by atoms with Crippen LogP contribution in [0.1, 0.15) is 23.1 Å². The summed E-state index contributed by atoms with van der Waals surface area (Å²) in [5, 5.41) is 18.5. The van der Waals surface area contributed by atoms with Gasteiger partial charge < -0.3 is 4.90 Å². The lowest BCUT2D eigenvalue weighted by atomic mass is 9.97. The molecule has 0 aliphatic carbocycles. The number of rotatable bonds is 3. The van der Waals surface area contributed by atoms with Gasteiger partial charge in [-0.3, -0.25) is 4.90 Å². The molecular weight excluding hydrogens is 308 g/mol. The van der Waals surface area contributed by atoms with Crippen LogP contribution in [0.15, 0.2) is 42.5 Å². The Morgan fingerprint density at radius 3 is 2.44 bits per heavy atom. The van der Waals surface area contributed by atoms with E-state index in [1.807, 2.05) is 24.3 Å². The fourth-order valence-electron chi connectivity index (χ4n) is 3.27. The summed E-state index contributed by atoms with van der Waals surface area (Å²) in [6, 6.07) is 18.0. The minimum atomic E-state index is 0.630. The van der Waals surface area contributed by atoms with Gasteiger partial charge in [-0.1, -0.05) is 24.3 Å². The van der Waals surface area contributed by atoms with E-state index in [-0.39, 0.29) is 0 Å². The first kappa shape index (κ1) is 17.2. The number of hydrogen-bond acceptors (Lipinski definition) is 4. The Hall–Kier alpha value is -2.66. The van der Waals surface area contributed by atoms with E-state index in [0.29, 0.717) is 11.1 Å². The molecule has 4 heteroatoms. The number of nitrogens with zero attached hydrogens (tertiary/aromatic N) is 4. The van der Waals surface area contributed by atoms with Crippen molar-refractivity contribution < 1.29 is 0 Å². The van der Waals surface area contributed by atoms with Crippen molar-refractivity contribution in [2.75, 3.05) is 33.2 Å². The standard InChI is InChI=1S/C21H22N4/c1-24-9-2-10-25(12-11-24)16-18-5-8-21(20(13-18)15-23)19-6-3-17(14-22)4-7-19/h3-8,13H,2,9-12,16H2,1H3. The second kappa shape index (κ2) is 7.94. The van der Waals surface area contributed by atoms with Crippen molar-refractivity contribution in [2.45, 2.75) is 13.0 Å². The molecule has 1 fully saturated rings. The first-order valence-electron chi connectivity index (χ1n) is 8.64. The molecular formula is C21H22N4. The Balaban J connectivity index is 1.79. The Morgan fingerprint density at radius 1 is 0.920 bits per heavy atom. The zero-order valence-corrected chi connectivity index (χ0v) is 14.6. The van der Waals surface area contributed by atoms with E-state index < -0.39 is 0 Å². The molecule has 0 saturated carbocycles. The summed E-state index contributed by atoms with van der Waals surface area (Å²) in [5.41, 5.74) is 4.39. The van der Waals surface area contributed by atoms with Crippen molar-refractivity contribution >= 4 is 0 Å². The molecule has 0 N–H and O–H groups in total. The SMILES string of the molecule is CN1CCCN(Cc2ccc(-c3ccc(C#N)cc3)c(C#N)c2)CC1. The Morgan fingerprint density at radius 2 is 1.72 bits per heavy atom. The number of benzene rings is 2. The smallest absolute Gasteiger partial charge is 0.0998 e. The fourth-order valence-corrected chi connectivity index (χ4v) is 3.27. The molecule has 3 rings (SSSR count). The molecule has 1 aliphatic rings. The van der Waals surface area contributed by atoms with Crippen LogP contribution in [0, 0.1) is 22.7 Å². The molecule has 0 bridgehead atoms. The van der Waals surface area contributed by atoms with Crippen LogP contribution >= 0.6 is 0 Å². The monoisotopic (exact) mass is 330 g/mol. The molecule has 126 valence electrons. The van der Waals surface area contributed by atoms with Gasteiger partial charge in [0.05, 0.1) is 23.3 Å². The lowest BCUT2D eigenvalue weighted by Gasteiger charge is -2.20. The maximum atomic E-state index is 9.57. The largest absolute Gasteiger partial charge is 0.305 e. The van der Waals surface area contributed by atoms with Crippen LogP contribution in [0.2, 0.25) is 0 Å². The number of likely N-dealkylation sites (N-methyl/N-ethyl adjacent to an activating group) is 1. The minimum absolute atomic E-state index is 0.630. The van der Waals surface area contributed by atoms with E-state index in [2.05, 4.69) is 35.1 Å². The van der Waals surface area contributed by atoms with Crippen LogP contribution in [-0.4, -0.2) is 43.0 Å². The quantitative estimate of drug-likeness (QED) is 0.867. The number of hydrogen-bond donors (Lipinski definition) is 0. The van der Waals surface area contributed by atoms with E-state index in [9.17, 15) is 5.26 Å². The van der Waals surface area contributed by atoms with Gasteiger partial charge in [0, 0.05) is 19.6 Å². The van der Waals surface area contributed by atoms with Crippen LogP contribution in [0.5, 0.6) is 0 Å². The maximum Gasteiger partial charge on any atom is 0.0998 e. The molecule has 0 atom stereocenters. The van der Waals surface area contributed by atoms with E-state index in [1.165, 1.54) is 12.0 Å². The van der Waals surface area contributed by atoms with E-state index >= 15 is 0 Å². The lowest BCUT2D eigenvalue weighted by molar-refractivity contribution is 0.269. The summed E-state index contributed by atoms with van der Waals surface area (Å²) in [6.45, 7) is 5.29. The molecule has 0 unspecified atom stereocenters. The van der Waals surface area contributed by atoms with E-state index in [1.54, 1.807) is 12.1 Å². The highest BCUT2D eigenvalue weighted by atomic mass is 15.2. The Labute approximate surface area is 149 Å². The highest BCUT2D eigenvalue weighted by Crippen LogP contribution is 2.25. The van der Waals surface area contributed by atoms with Gasteiger partial charge in [0.1, 0.15) is 0 Å². The van der Waals surface area contributed by atoms with Gasteiger partial charge in [-0.25, -0.2) is 0 Å². The molecule has 2 aromatic carbocycles. The van der Waals surface area contributed by atoms with Crippen LogP contribution in [-0.2, 0) is 6.54 Å². The second-order valence-electron chi connectivity index (χ2n) is 6.61. The molecule has 0 amide bonds. The summed E-state index contributed by atoms with van der Waals surface area (Å²) in [4.78, 5) is 4.83. The van der Waals surface area contributed by atoms with Gasteiger partial charge >= 0.3 is 0 Å². The van der Waals surface area contributed by atoms with Gasteiger partial charge in [0.2, 0.25) is 0 Å². The summed E-state index contributed by atoms with van der Waals surface area (Å²) >= 11 is 0. The maximum absolute atomic E-state index is 9.57. The zero-order valence-electron chi connectivity index (χ0n) is 14.6. The molecule has 1 heterocycles. The highest BCUT2D eigenvalue weighted by Gasteiger charge is 2.13. The molecule has 1 saturated heterocycles. The normalized spacial score (nSPS) is 16.0. The van der Waals surface area contributed by atoms with E-state index in [0.717, 1.165) is 43.9 Å². The first-order valence-corrected chi connectivity index (χ1v) is 8.64. The third-order valence-electron chi connectivity index (χ3n) is 4.75.